The average molecular weight is 420 g/mol. The Kier molecular flexibility index (Phi) is 5.40. The second kappa shape index (κ2) is 7.81. The highest BCUT2D eigenvalue weighted by Crippen LogP contribution is 2.29. The summed E-state index contributed by atoms with van der Waals surface area (Å²) >= 11 is 5.80. The van der Waals surface area contributed by atoms with E-state index in [1.54, 1.807) is 18.2 Å². The molecular formula is C20H22ClN3O3S. The number of rotatable bonds is 4. The molecule has 1 N–H and O–H groups in total. The lowest BCUT2D eigenvalue weighted by molar-refractivity contribution is -0.120. The van der Waals surface area contributed by atoms with Crippen molar-refractivity contribution in [3.8, 4) is 0 Å². The Labute approximate surface area is 170 Å². The second-order valence-electron chi connectivity index (χ2n) is 7.31. The molecule has 0 radical (unpaired) electrons. The maximum Gasteiger partial charge on any atom is 0.243 e. The van der Waals surface area contributed by atoms with Gasteiger partial charge in [-0.1, -0.05) is 17.7 Å². The van der Waals surface area contributed by atoms with E-state index in [1.165, 1.54) is 16.1 Å². The van der Waals surface area contributed by atoms with Gasteiger partial charge >= 0.3 is 0 Å². The third-order valence-corrected chi connectivity index (χ3v) is 7.63. The van der Waals surface area contributed by atoms with Gasteiger partial charge in [0.1, 0.15) is 5.82 Å². The van der Waals surface area contributed by atoms with E-state index in [0.29, 0.717) is 41.7 Å². The van der Waals surface area contributed by atoms with E-state index in [9.17, 15) is 13.2 Å². The summed E-state index contributed by atoms with van der Waals surface area (Å²) in [6.45, 7) is 0.678. The number of halogens is 1. The molecule has 0 bridgehead atoms. The Balaban J connectivity index is 1.39. The van der Waals surface area contributed by atoms with Gasteiger partial charge in [0.15, 0.2) is 0 Å². The van der Waals surface area contributed by atoms with Gasteiger partial charge in [0.2, 0.25) is 15.9 Å². The average Bonchev–Trinajstić information content (AvgIpc) is 3.17. The number of nitrogens with zero attached hydrogens (tertiary/aromatic N) is 2. The summed E-state index contributed by atoms with van der Waals surface area (Å²) in [5, 5.41) is 3.28. The number of benzene rings is 1. The number of carbonyl (C=O) groups is 1. The van der Waals surface area contributed by atoms with Crippen molar-refractivity contribution < 1.29 is 13.2 Å². The molecule has 1 aromatic carbocycles. The highest BCUT2D eigenvalue weighted by atomic mass is 35.5. The van der Waals surface area contributed by atoms with E-state index in [0.717, 1.165) is 24.8 Å². The van der Waals surface area contributed by atoms with Crippen molar-refractivity contribution in [2.45, 2.75) is 37.0 Å². The Morgan fingerprint density at radius 2 is 1.86 bits per heavy atom. The normalized spacial score (nSPS) is 18.0. The molecule has 28 heavy (non-hydrogen) atoms. The van der Waals surface area contributed by atoms with Gasteiger partial charge in [-0.25, -0.2) is 13.4 Å². The van der Waals surface area contributed by atoms with Gasteiger partial charge in [0.25, 0.3) is 0 Å². The smallest absolute Gasteiger partial charge is 0.243 e. The largest absolute Gasteiger partial charge is 0.310 e. The van der Waals surface area contributed by atoms with E-state index in [2.05, 4.69) is 10.3 Å². The zero-order valence-electron chi connectivity index (χ0n) is 15.4. The first kappa shape index (κ1) is 19.4. The van der Waals surface area contributed by atoms with Gasteiger partial charge in [-0.15, -0.1) is 0 Å². The summed E-state index contributed by atoms with van der Waals surface area (Å²) < 4.78 is 27.5. The van der Waals surface area contributed by atoms with E-state index in [-0.39, 0.29) is 11.8 Å². The number of piperidine rings is 1. The van der Waals surface area contributed by atoms with E-state index < -0.39 is 10.0 Å². The summed E-state index contributed by atoms with van der Waals surface area (Å²) in [7, 11) is -3.52. The summed E-state index contributed by atoms with van der Waals surface area (Å²) in [4.78, 5) is 16.9. The number of fused-ring (bicyclic) bond motifs is 1. The van der Waals surface area contributed by atoms with Crippen molar-refractivity contribution in [1.82, 2.24) is 9.29 Å². The Morgan fingerprint density at radius 3 is 2.57 bits per heavy atom. The number of nitrogens with one attached hydrogen (secondary N) is 1. The van der Waals surface area contributed by atoms with Gasteiger partial charge in [0, 0.05) is 25.2 Å². The summed E-state index contributed by atoms with van der Waals surface area (Å²) in [6, 6.07) is 8.78. The number of amides is 1. The predicted octanol–water partition coefficient (Wildman–Crippen LogP) is 3.26. The second-order valence-corrected chi connectivity index (χ2v) is 9.69. The number of sulfonamides is 1. The number of anilines is 1. The van der Waals surface area contributed by atoms with Crippen LogP contribution in [-0.4, -0.2) is 36.7 Å². The molecule has 6 nitrogen and oxygen atoms in total. The minimum atomic E-state index is -3.52. The van der Waals surface area contributed by atoms with E-state index in [4.69, 9.17) is 11.6 Å². The molecule has 1 saturated heterocycles. The molecule has 2 heterocycles. The van der Waals surface area contributed by atoms with Crippen LogP contribution in [0.25, 0.3) is 0 Å². The van der Waals surface area contributed by atoms with Gasteiger partial charge < -0.3 is 5.32 Å². The SMILES string of the molecule is O=C(Nc1ccc(Cl)cn1)C1CCN(S(=O)(=O)c2ccc3c(c2)CCC3)CC1. The fourth-order valence-corrected chi connectivity index (χ4v) is 5.53. The molecule has 8 heteroatoms. The van der Waals surface area contributed by atoms with Crippen LogP contribution in [0.3, 0.4) is 0 Å². The van der Waals surface area contributed by atoms with Gasteiger partial charge in [0.05, 0.1) is 9.92 Å². The molecule has 1 fully saturated rings. The third-order valence-electron chi connectivity index (χ3n) is 5.51. The standard InChI is InChI=1S/C20H22ClN3O3S/c21-17-5-7-19(22-13-17)23-20(25)15-8-10-24(11-9-15)28(26,27)18-6-4-14-2-1-3-16(14)12-18/h4-7,12-13,15H,1-3,8-11H2,(H,22,23,25). The minimum absolute atomic E-state index is 0.135. The molecule has 148 valence electrons. The predicted molar refractivity (Wildman–Crippen MR) is 108 cm³/mol. The summed E-state index contributed by atoms with van der Waals surface area (Å²) in [6.07, 6.45) is 5.51. The van der Waals surface area contributed by atoms with Crippen LogP contribution in [0.5, 0.6) is 0 Å². The highest BCUT2D eigenvalue weighted by Gasteiger charge is 2.32. The Hall–Kier alpha value is -1.96. The molecule has 1 aliphatic carbocycles. The molecule has 0 atom stereocenters. The van der Waals surface area contributed by atoms with Crippen LogP contribution in [0.15, 0.2) is 41.4 Å². The van der Waals surface area contributed by atoms with Crippen molar-refractivity contribution in [1.29, 1.82) is 0 Å². The topological polar surface area (TPSA) is 79.4 Å². The number of pyridine rings is 1. The zero-order chi connectivity index (χ0) is 19.7. The lowest BCUT2D eigenvalue weighted by atomic mass is 9.97. The quantitative estimate of drug-likeness (QED) is 0.824. The van der Waals surface area contributed by atoms with Crippen molar-refractivity contribution >= 4 is 33.3 Å². The first-order chi connectivity index (χ1) is 13.4. The van der Waals surface area contributed by atoms with Gasteiger partial charge in [-0.05, 0) is 67.5 Å². The van der Waals surface area contributed by atoms with Gasteiger partial charge in [-0.2, -0.15) is 4.31 Å². The highest BCUT2D eigenvalue weighted by molar-refractivity contribution is 7.89. The molecule has 1 amide bonds. The zero-order valence-corrected chi connectivity index (χ0v) is 17.0. The fraction of sp³-hybridized carbons (Fsp3) is 0.400. The molecule has 0 saturated carbocycles. The van der Waals surface area contributed by atoms with Crippen LogP contribution in [0.2, 0.25) is 5.02 Å². The Morgan fingerprint density at radius 1 is 1.11 bits per heavy atom. The number of aromatic nitrogens is 1. The summed E-state index contributed by atoms with van der Waals surface area (Å²) in [5.74, 6) is 0.0796. The van der Waals surface area contributed by atoms with Gasteiger partial charge in [-0.3, -0.25) is 4.79 Å². The number of hydrogen-bond acceptors (Lipinski definition) is 4. The maximum absolute atomic E-state index is 13.0. The van der Waals surface area contributed by atoms with Crippen molar-refractivity contribution in [3.05, 3.63) is 52.7 Å². The van der Waals surface area contributed by atoms with Crippen molar-refractivity contribution in [2.75, 3.05) is 18.4 Å². The molecule has 1 aliphatic heterocycles. The molecular weight excluding hydrogens is 398 g/mol. The van der Waals surface area contributed by atoms with Crippen LogP contribution in [0, 0.1) is 5.92 Å². The van der Waals surface area contributed by atoms with E-state index >= 15 is 0 Å². The third kappa shape index (κ3) is 3.92. The lowest BCUT2D eigenvalue weighted by Gasteiger charge is -2.30. The van der Waals surface area contributed by atoms with Crippen LogP contribution < -0.4 is 5.32 Å². The molecule has 0 spiro atoms. The van der Waals surface area contributed by atoms with Crippen LogP contribution in [0.4, 0.5) is 5.82 Å². The molecule has 2 aliphatic rings. The maximum atomic E-state index is 13.0. The fourth-order valence-electron chi connectivity index (χ4n) is 3.89. The Bertz CT molecular complexity index is 984. The molecule has 2 aromatic rings. The van der Waals surface area contributed by atoms with Crippen LogP contribution in [-0.2, 0) is 27.7 Å². The van der Waals surface area contributed by atoms with E-state index in [1.807, 2.05) is 12.1 Å². The first-order valence-corrected chi connectivity index (χ1v) is 11.3. The summed E-state index contributed by atoms with van der Waals surface area (Å²) in [5.41, 5.74) is 2.40. The first-order valence-electron chi connectivity index (χ1n) is 9.48. The van der Waals surface area contributed by atoms with Crippen molar-refractivity contribution in [2.24, 2.45) is 5.92 Å². The molecule has 1 aromatic heterocycles. The molecule has 0 unspecified atom stereocenters. The lowest BCUT2D eigenvalue weighted by Crippen LogP contribution is -2.41. The van der Waals surface area contributed by atoms with Crippen LogP contribution in [0.1, 0.15) is 30.4 Å². The minimum Gasteiger partial charge on any atom is -0.310 e. The number of hydrogen-bond donors (Lipinski definition) is 1. The monoisotopic (exact) mass is 419 g/mol. The number of aryl methyl sites for hydroxylation is 2. The molecule has 4 rings (SSSR count). The van der Waals surface area contributed by atoms with Crippen molar-refractivity contribution in [3.63, 3.8) is 0 Å². The number of carbonyl (C=O) groups excluding carboxylic acids is 1. The van der Waals surface area contributed by atoms with Crippen LogP contribution >= 0.6 is 11.6 Å².